The van der Waals surface area contributed by atoms with E-state index in [2.05, 4.69) is 62.4 Å². The Labute approximate surface area is 190 Å². The Hall–Kier alpha value is -2.86. The fraction of sp³-hybridized carbons (Fsp3) is 0.462. The summed E-state index contributed by atoms with van der Waals surface area (Å²) in [4.78, 5) is 23.8. The fourth-order valence-corrected chi connectivity index (χ4v) is 4.29. The SMILES string of the molecule is CCc1ccccc1NC(=O)ON1CCC2(CC1)CC(c1ccc(C(C)(C)C)cc1)=NO2. The minimum Gasteiger partial charge on any atom is -0.388 e. The number of hydrogen-bond donors (Lipinski definition) is 1. The number of hydroxylamine groups is 2. The summed E-state index contributed by atoms with van der Waals surface area (Å²) in [5.41, 5.74) is 5.12. The highest BCUT2D eigenvalue weighted by atomic mass is 16.7. The third kappa shape index (κ3) is 4.96. The summed E-state index contributed by atoms with van der Waals surface area (Å²) < 4.78 is 0. The van der Waals surface area contributed by atoms with Crippen LogP contribution in [0.4, 0.5) is 10.5 Å². The maximum Gasteiger partial charge on any atom is 0.430 e. The van der Waals surface area contributed by atoms with Crippen molar-refractivity contribution in [2.75, 3.05) is 18.4 Å². The number of hydrogen-bond acceptors (Lipinski definition) is 5. The molecule has 0 radical (unpaired) electrons. The lowest BCUT2D eigenvalue weighted by Crippen LogP contribution is -2.45. The van der Waals surface area contributed by atoms with Crippen LogP contribution in [0.25, 0.3) is 0 Å². The molecule has 0 unspecified atom stereocenters. The van der Waals surface area contributed by atoms with Gasteiger partial charge in [0.25, 0.3) is 0 Å². The number of amides is 1. The quantitative estimate of drug-likeness (QED) is 0.672. The Morgan fingerprint density at radius 2 is 1.81 bits per heavy atom. The molecule has 170 valence electrons. The monoisotopic (exact) mass is 435 g/mol. The van der Waals surface area contributed by atoms with E-state index < -0.39 is 6.09 Å². The molecule has 2 heterocycles. The molecule has 2 aliphatic rings. The first-order valence-electron chi connectivity index (χ1n) is 11.5. The molecule has 2 aromatic carbocycles. The third-order valence-corrected chi connectivity index (χ3v) is 6.40. The first-order chi connectivity index (χ1) is 15.3. The molecule has 0 saturated carbocycles. The van der Waals surface area contributed by atoms with Gasteiger partial charge in [-0.05, 0) is 34.6 Å². The lowest BCUT2D eigenvalue weighted by atomic mass is 9.84. The summed E-state index contributed by atoms with van der Waals surface area (Å²) in [6, 6.07) is 16.4. The summed E-state index contributed by atoms with van der Waals surface area (Å²) >= 11 is 0. The standard InChI is InChI=1S/C26H33N3O3/c1-5-19-8-6-7-9-22(19)27-24(30)31-29-16-14-26(15-17-29)18-23(28-32-26)20-10-12-21(13-11-20)25(2,3)4/h6-13H,5,14-18H2,1-4H3,(H,27,30). The van der Waals surface area contributed by atoms with Crippen LogP contribution in [0.15, 0.2) is 53.7 Å². The van der Waals surface area contributed by atoms with Crippen molar-refractivity contribution in [2.45, 2.75) is 64.4 Å². The van der Waals surface area contributed by atoms with Gasteiger partial charge >= 0.3 is 6.09 Å². The third-order valence-electron chi connectivity index (χ3n) is 6.40. The van der Waals surface area contributed by atoms with Crippen LogP contribution in [-0.2, 0) is 21.5 Å². The number of benzene rings is 2. The highest BCUT2D eigenvalue weighted by Crippen LogP contribution is 2.36. The molecular formula is C26H33N3O3. The van der Waals surface area contributed by atoms with Crippen LogP contribution in [0.5, 0.6) is 0 Å². The number of rotatable bonds is 4. The predicted molar refractivity (Wildman–Crippen MR) is 127 cm³/mol. The van der Waals surface area contributed by atoms with Crippen LogP contribution in [0.2, 0.25) is 0 Å². The zero-order valence-electron chi connectivity index (χ0n) is 19.5. The molecule has 2 aliphatic heterocycles. The molecule has 1 fully saturated rings. The fourth-order valence-electron chi connectivity index (χ4n) is 4.29. The predicted octanol–water partition coefficient (Wildman–Crippen LogP) is 5.67. The van der Waals surface area contributed by atoms with Gasteiger partial charge in [0, 0.05) is 38.0 Å². The van der Waals surface area contributed by atoms with Crippen molar-refractivity contribution in [3.63, 3.8) is 0 Å². The maximum atomic E-state index is 12.4. The van der Waals surface area contributed by atoms with E-state index in [9.17, 15) is 4.79 Å². The molecule has 0 aliphatic carbocycles. The molecule has 0 atom stereocenters. The minimum absolute atomic E-state index is 0.130. The van der Waals surface area contributed by atoms with E-state index >= 15 is 0 Å². The molecular weight excluding hydrogens is 402 g/mol. The summed E-state index contributed by atoms with van der Waals surface area (Å²) in [6.45, 7) is 9.94. The zero-order valence-corrected chi connectivity index (χ0v) is 19.5. The minimum atomic E-state index is -0.454. The van der Waals surface area contributed by atoms with Gasteiger partial charge in [-0.1, -0.05) is 75.3 Å². The Morgan fingerprint density at radius 3 is 2.47 bits per heavy atom. The highest BCUT2D eigenvalue weighted by molar-refractivity contribution is 6.01. The number of aryl methyl sites for hydroxylation is 1. The number of nitrogens with zero attached hydrogens (tertiary/aromatic N) is 2. The van der Waals surface area contributed by atoms with E-state index in [1.807, 2.05) is 24.3 Å². The summed E-state index contributed by atoms with van der Waals surface area (Å²) in [7, 11) is 0. The van der Waals surface area contributed by atoms with Crippen LogP contribution in [0, 0.1) is 0 Å². The summed E-state index contributed by atoms with van der Waals surface area (Å²) in [6.07, 6.45) is 2.70. The molecule has 0 bridgehead atoms. The number of piperidine rings is 1. The number of carbonyl (C=O) groups is 1. The summed E-state index contributed by atoms with van der Waals surface area (Å²) in [5.74, 6) is 0. The largest absolute Gasteiger partial charge is 0.430 e. The number of nitrogens with one attached hydrogen (secondary N) is 1. The van der Waals surface area contributed by atoms with Gasteiger partial charge < -0.3 is 9.68 Å². The second-order valence-corrected chi connectivity index (χ2v) is 9.76. The number of anilines is 1. The Kier molecular flexibility index (Phi) is 6.24. The van der Waals surface area contributed by atoms with Crippen LogP contribution in [-0.4, -0.2) is 35.6 Å². The van der Waals surface area contributed by atoms with E-state index in [1.54, 1.807) is 5.06 Å². The van der Waals surface area contributed by atoms with Crippen molar-refractivity contribution < 1.29 is 14.5 Å². The molecule has 6 heteroatoms. The van der Waals surface area contributed by atoms with Crippen molar-refractivity contribution in [1.29, 1.82) is 0 Å². The van der Waals surface area contributed by atoms with Crippen molar-refractivity contribution in [3.8, 4) is 0 Å². The zero-order chi connectivity index (χ0) is 22.8. The number of oxime groups is 1. The second kappa shape index (κ2) is 8.94. The van der Waals surface area contributed by atoms with E-state index in [0.717, 1.165) is 48.2 Å². The van der Waals surface area contributed by atoms with Gasteiger partial charge in [-0.15, -0.1) is 5.06 Å². The van der Waals surface area contributed by atoms with E-state index in [-0.39, 0.29) is 11.0 Å². The van der Waals surface area contributed by atoms with Gasteiger partial charge in [0.05, 0.1) is 5.71 Å². The Bertz CT molecular complexity index is 984. The Balaban J connectivity index is 1.29. The molecule has 2 aromatic rings. The molecule has 6 nitrogen and oxygen atoms in total. The van der Waals surface area contributed by atoms with Gasteiger partial charge in [0.2, 0.25) is 0 Å². The normalized spacial score (nSPS) is 18.2. The second-order valence-electron chi connectivity index (χ2n) is 9.76. The molecule has 1 N–H and O–H groups in total. The molecule has 32 heavy (non-hydrogen) atoms. The Morgan fingerprint density at radius 1 is 1.12 bits per heavy atom. The average molecular weight is 436 g/mol. The van der Waals surface area contributed by atoms with Gasteiger partial charge in [-0.3, -0.25) is 5.32 Å². The van der Waals surface area contributed by atoms with Crippen molar-refractivity contribution in [1.82, 2.24) is 5.06 Å². The molecule has 1 spiro atoms. The summed E-state index contributed by atoms with van der Waals surface area (Å²) in [5, 5.41) is 8.99. The molecule has 0 aromatic heterocycles. The van der Waals surface area contributed by atoms with Gasteiger partial charge in [-0.2, -0.15) is 0 Å². The number of carbonyl (C=O) groups excluding carboxylic acids is 1. The van der Waals surface area contributed by atoms with Crippen LogP contribution >= 0.6 is 0 Å². The highest BCUT2D eigenvalue weighted by Gasteiger charge is 2.43. The van der Waals surface area contributed by atoms with Gasteiger partial charge in [0.15, 0.2) is 0 Å². The van der Waals surface area contributed by atoms with Crippen molar-refractivity contribution in [3.05, 3.63) is 65.2 Å². The molecule has 1 saturated heterocycles. The van der Waals surface area contributed by atoms with Crippen LogP contribution in [0.3, 0.4) is 0 Å². The van der Waals surface area contributed by atoms with Gasteiger partial charge in [-0.25, -0.2) is 4.79 Å². The lowest BCUT2D eigenvalue weighted by molar-refractivity contribution is -0.154. The molecule has 1 amide bonds. The maximum absolute atomic E-state index is 12.4. The van der Waals surface area contributed by atoms with Crippen molar-refractivity contribution in [2.24, 2.45) is 5.16 Å². The first kappa shape index (κ1) is 22.3. The average Bonchev–Trinajstić information content (AvgIpc) is 3.19. The number of para-hydroxylation sites is 1. The van der Waals surface area contributed by atoms with Crippen molar-refractivity contribution >= 4 is 17.5 Å². The molecule has 4 rings (SSSR count). The van der Waals surface area contributed by atoms with Crippen LogP contribution in [0.1, 0.15) is 63.6 Å². The first-order valence-corrected chi connectivity index (χ1v) is 11.5. The van der Waals surface area contributed by atoms with Crippen LogP contribution < -0.4 is 5.32 Å². The lowest BCUT2D eigenvalue weighted by Gasteiger charge is -2.35. The van der Waals surface area contributed by atoms with E-state index in [0.29, 0.717) is 13.1 Å². The van der Waals surface area contributed by atoms with E-state index in [4.69, 9.17) is 9.68 Å². The topological polar surface area (TPSA) is 63.2 Å². The van der Waals surface area contributed by atoms with E-state index in [1.165, 1.54) is 5.56 Å². The van der Waals surface area contributed by atoms with Gasteiger partial charge in [0.1, 0.15) is 5.60 Å². The smallest absolute Gasteiger partial charge is 0.388 e.